The average Bonchev–Trinajstić information content (AvgIpc) is 3.49. The number of H-pyrrole nitrogens is 1. The predicted octanol–water partition coefficient (Wildman–Crippen LogP) is 3.31. The zero-order valence-electron chi connectivity index (χ0n) is 20.2. The summed E-state index contributed by atoms with van der Waals surface area (Å²) < 4.78 is 2.94. The Balaban J connectivity index is 1.10. The number of aromatic amines is 1. The van der Waals surface area contributed by atoms with Crippen LogP contribution in [0.4, 0.5) is 5.82 Å². The second-order valence-corrected chi connectivity index (χ2v) is 11.8. The van der Waals surface area contributed by atoms with Gasteiger partial charge in [0.2, 0.25) is 0 Å². The average molecular weight is 554 g/mol. The van der Waals surface area contributed by atoms with Gasteiger partial charge in [0.25, 0.3) is 0 Å². The molecule has 4 aromatic rings. The van der Waals surface area contributed by atoms with Crippen molar-refractivity contribution in [2.75, 3.05) is 5.73 Å². The molecule has 3 heterocycles. The molecule has 2 saturated carbocycles. The van der Waals surface area contributed by atoms with Crippen molar-refractivity contribution < 1.29 is 10.2 Å². The number of fused-ring (bicyclic) bond motifs is 2. The lowest BCUT2D eigenvalue weighted by Gasteiger charge is -2.49. The third kappa shape index (κ3) is 3.91. The number of nitrogens with one attached hydrogen (secondary N) is 1. The van der Waals surface area contributed by atoms with Crippen molar-refractivity contribution in [2.45, 2.75) is 62.8 Å². The van der Waals surface area contributed by atoms with E-state index in [9.17, 15) is 10.2 Å². The summed E-state index contributed by atoms with van der Waals surface area (Å²) in [5.41, 5.74) is 15.0. The molecule has 5 atom stereocenters. The molecule has 2 aliphatic carbocycles. The predicted molar refractivity (Wildman–Crippen MR) is 142 cm³/mol. The fraction of sp³-hybridized carbons (Fsp3) is 0.500. The molecular formula is C26H32BrN7O2. The van der Waals surface area contributed by atoms with Gasteiger partial charge in [-0.15, -0.1) is 0 Å². The largest absolute Gasteiger partial charge is 0.390 e. The van der Waals surface area contributed by atoms with E-state index in [1.165, 1.54) is 6.33 Å². The number of hydrogen-bond donors (Lipinski definition) is 5. The molecule has 9 nitrogen and oxygen atoms in total. The van der Waals surface area contributed by atoms with Gasteiger partial charge in [0.15, 0.2) is 0 Å². The van der Waals surface area contributed by atoms with Crippen LogP contribution < -0.4 is 11.5 Å². The summed E-state index contributed by atoms with van der Waals surface area (Å²) in [5, 5.41) is 22.8. The van der Waals surface area contributed by atoms with Crippen LogP contribution >= 0.6 is 15.9 Å². The Morgan fingerprint density at radius 3 is 2.78 bits per heavy atom. The third-order valence-corrected chi connectivity index (χ3v) is 9.24. The van der Waals surface area contributed by atoms with Crippen molar-refractivity contribution in [1.82, 2.24) is 24.5 Å². The summed E-state index contributed by atoms with van der Waals surface area (Å²) >= 11 is 3.50. The monoisotopic (exact) mass is 553 g/mol. The number of nitrogen functional groups attached to an aromatic ring is 1. The van der Waals surface area contributed by atoms with Gasteiger partial charge < -0.3 is 31.2 Å². The van der Waals surface area contributed by atoms with Crippen LogP contribution in [0.2, 0.25) is 0 Å². The molecule has 3 aromatic heterocycles. The Labute approximate surface area is 217 Å². The number of halogens is 1. The number of hydrogen-bond acceptors (Lipinski definition) is 7. The molecule has 2 fully saturated rings. The van der Waals surface area contributed by atoms with Crippen LogP contribution in [0.5, 0.6) is 0 Å². The molecule has 0 amide bonds. The van der Waals surface area contributed by atoms with Gasteiger partial charge in [-0.05, 0) is 68.7 Å². The molecule has 6 rings (SSSR count). The first-order valence-corrected chi connectivity index (χ1v) is 13.4. The molecule has 190 valence electrons. The fourth-order valence-corrected chi connectivity index (χ4v) is 6.78. The van der Waals surface area contributed by atoms with E-state index in [2.05, 4.69) is 30.9 Å². The van der Waals surface area contributed by atoms with Crippen LogP contribution in [0.25, 0.3) is 22.1 Å². The number of imidazole rings is 1. The van der Waals surface area contributed by atoms with Crippen LogP contribution in [0, 0.1) is 17.8 Å². The van der Waals surface area contributed by atoms with Crippen molar-refractivity contribution in [3.63, 3.8) is 0 Å². The van der Waals surface area contributed by atoms with E-state index >= 15 is 0 Å². The molecular weight excluding hydrogens is 522 g/mol. The number of nitrogens with zero attached hydrogens (tertiary/aromatic N) is 4. The van der Waals surface area contributed by atoms with Gasteiger partial charge in [0, 0.05) is 28.5 Å². The molecule has 1 aromatic carbocycles. The SMILES string of the molecule is CC(N)(C1CC(CCc2nc3cc(Br)ccc3[nH]2)C1)[C@H]1C[C@@H](n2ccc3c(N)ncnc32)[C@H](O)[C@@H]1O. The number of aryl methyl sites for hydroxylation is 1. The summed E-state index contributed by atoms with van der Waals surface area (Å²) in [6, 6.07) is 7.63. The molecule has 36 heavy (non-hydrogen) atoms. The Kier molecular flexibility index (Phi) is 5.82. The fourth-order valence-electron chi connectivity index (χ4n) is 6.44. The van der Waals surface area contributed by atoms with Crippen molar-refractivity contribution in [3.05, 3.63) is 47.1 Å². The van der Waals surface area contributed by atoms with Gasteiger partial charge in [0.05, 0.1) is 28.6 Å². The summed E-state index contributed by atoms with van der Waals surface area (Å²) in [7, 11) is 0. The molecule has 0 bridgehead atoms. The van der Waals surface area contributed by atoms with Crippen LogP contribution in [-0.4, -0.2) is 52.5 Å². The highest BCUT2D eigenvalue weighted by molar-refractivity contribution is 9.10. The summed E-state index contributed by atoms with van der Waals surface area (Å²) in [6.45, 7) is 2.04. The van der Waals surface area contributed by atoms with E-state index in [1.807, 2.05) is 42.0 Å². The Bertz CT molecular complexity index is 1410. The number of nitrogens with two attached hydrogens (primary N) is 2. The lowest BCUT2D eigenvalue weighted by Crippen LogP contribution is -2.57. The Morgan fingerprint density at radius 2 is 1.97 bits per heavy atom. The molecule has 0 spiro atoms. The maximum Gasteiger partial charge on any atom is 0.145 e. The first-order chi connectivity index (χ1) is 17.2. The third-order valence-electron chi connectivity index (χ3n) is 8.75. The number of aliphatic hydroxyl groups is 2. The molecule has 0 radical (unpaired) electrons. The van der Waals surface area contributed by atoms with E-state index < -0.39 is 17.7 Å². The van der Waals surface area contributed by atoms with Crippen LogP contribution in [0.1, 0.15) is 44.5 Å². The van der Waals surface area contributed by atoms with E-state index in [4.69, 9.17) is 16.5 Å². The van der Waals surface area contributed by atoms with E-state index in [0.717, 1.165) is 52.4 Å². The van der Waals surface area contributed by atoms with Gasteiger partial charge in [0.1, 0.15) is 29.7 Å². The standard InChI is InChI=1S/C26H32BrN7O2/c1-26(29,14-8-13(9-14)2-5-21-32-18-4-3-15(27)10-19(18)33-21)17-11-20(23(36)22(17)35)34-7-6-16-24(28)30-12-31-25(16)34/h3-4,6-7,10,12-14,17,20,22-23,35-36H,2,5,8-9,11,29H2,1H3,(H,32,33)(H2,28,30,31)/t13?,14?,17-,20+,22+,23-,26?/m0/s1. The van der Waals surface area contributed by atoms with E-state index in [0.29, 0.717) is 29.7 Å². The number of benzene rings is 1. The normalized spacial score (nSPS) is 30.0. The van der Waals surface area contributed by atoms with Crippen LogP contribution in [-0.2, 0) is 6.42 Å². The number of anilines is 1. The van der Waals surface area contributed by atoms with Gasteiger partial charge in [-0.1, -0.05) is 15.9 Å². The summed E-state index contributed by atoms with van der Waals surface area (Å²) in [4.78, 5) is 16.6. The van der Waals surface area contributed by atoms with Crippen LogP contribution in [0.3, 0.4) is 0 Å². The quantitative estimate of drug-likeness (QED) is 0.245. The Morgan fingerprint density at radius 1 is 1.17 bits per heavy atom. The number of rotatable bonds is 6. The zero-order chi connectivity index (χ0) is 25.2. The topological polar surface area (TPSA) is 152 Å². The highest BCUT2D eigenvalue weighted by Crippen LogP contribution is 2.50. The molecule has 0 aliphatic heterocycles. The molecule has 10 heteroatoms. The van der Waals surface area contributed by atoms with E-state index in [-0.39, 0.29) is 12.0 Å². The van der Waals surface area contributed by atoms with Crippen LogP contribution in [0.15, 0.2) is 41.3 Å². The highest BCUT2D eigenvalue weighted by atomic mass is 79.9. The van der Waals surface area contributed by atoms with Crippen molar-refractivity contribution in [1.29, 1.82) is 0 Å². The Hall–Kier alpha value is -2.53. The van der Waals surface area contributed by atoms with Gasteiger partial charge in [-0.3, -0.25) is 0 Å². The summed E-state index contributed by atoms with van der Waals surface area (Å²) in [6.07, 6.45) is 6.07. The first-order valence-electron chi connectivity index (χ1n) is 12.6. The second-order valence-electron chi connectivity index (χ2n) is 10.9. The molecule has 2 aliphatic rings. The number of aliphatic hydroxyl groups excluding tert-OH is 2. The number of aromatic nitrogens is 5. The minimum atomic E-state index is -0.923. The molecule has 1 unspecified atom stereocenters. The lowest BCUT2D eigenvalue weighted by molar-refractivity contribution is -0.0310. The summed E-state index contributed by atoms with van der Waals surface area (Å²) in [5.74, 6) is 2.10. The smallest absolute Gasteiger partial charge is 0.145 e. The van der Waals surface area contributed by atoms with Crippen molar-refractivity contribution in [3.8, 4) is 0 Å². The van der Waals surface area contributed by atoms with Crippen molar-refractivity contribution >= 4 is 43.8 Å². The highest BCUT2D eigenvalue weighted by Gasteiger charge is 2.54. The van der Waals surface area contributed by atoms with Gasteiger partial charge >= 0.3 is 0 Å². The molecule has 0 saturated heterocycles. The maximum atomic E-state index is 11.0. The minimum Gasteiger partial charge on any atom is -0.390 e. The van der Waals surface area contributed by atoms with Gasteiger partial charge in [-0.25, -0.2) is 15.0 Å². The maximum absolute atomic E-state index is 11.0. The van der Waals surface area contributed by atoms with Crippen molar-refractivity contribution in [2.24, 2.45) is 23.5 Å². The lowest BCUT2D eigenvalue weighted by atomic mass is 9.60. The molecule has 7 N–H and O–H groups in total. The second kappa shape index (κ2) is 8.79. The first kappa shape index (κ1) is 23.8. The minimum absolute atomic E-state index is 0.214. The zero-order valence-corrected chi connectivity index (χ0v) is 21.8. The van der Waals surface area contributed by atoms with E-state index in [1.54, 1.807) is 0 Å². The van der Waals surface area contributed by atoms with Gasteiger partial charge in [-0.2, -0.15) is 0 Å².